The lowest BCUT2D eigenvalue weighted by molar-refractivity contribution is -0.153. The summed E-state index contributed by atoms with van der Waals surface area (Å²) in [6.07, 6.45) is -1.43. The number of Topliss-reactive ketones (excluding diaryl/α,β-unsaturated/α-hetero) is 2. The number of rotatable bonds is 4. The van der Waals surface area contributed by atoms with Crippen molar-refractivity contribution in [3.05, 3.63) is 34.1 Å². The van der Waals surface area contributed by atoms with Gasteiger partial charge in [0.15, 0.2) is 17.1 Å². The minimum Gasteiger partial charge on any atom is -0.508 e. The van der Waals surface area contributed by atoms with Crippen molar-refractivity contribution < 1.29 is 44.7 Å². The van der Waals surface area contributed by atoms with E-state index in [0.29, 0.717) is 11.3 Å². The molecule has 0 radical (unpaired) electrons. The number of fused-ring (bicyclic) bond motifs is 3. The van der Waals surface area contributed by atoms with Gasteiger partial charge in [-0.05, 0) is 44.5 Å². The molecule has 4 rings (SSSR count). The number of hydrogen-bond donors (Lipinski definition) is 7. The van der Waals surface area contributed by atoms with E-state index in [1.807, 2.05) is 0 Å². The van der Waals surface area contributed by atoms with Gasteiger partial charge in [0.2, 0.25) is 5.78 Å². The second-order valence-electron chi connectivity index (χ2n) is 9.93. The first-order chi connectivity index (χ1) is 17.1. The SMILES string of the molecule is CN(C)c1cc(NC(=O)O)c(O)c2c1C[C@H]1C[C@H]3[C@H](N(C)C)C(=O)C(C(N)=O)=C(O)[C@@]3(O)C(=O)C1=C2O. The fourth-order valence-corrected chi connectivity index (χ4v) is 5.90. The van der Waals surface area contributed by atoms with Crippen LogP contribution in [-0.4, -0.2) is 93.8 Å². The molecular formula is C24H28N4O9. The number of carboxylic acid groups (broad SMARTS) is 1. The quantitative estimate of drug-likeness (QED) is 0.211. The molecule has 1 aromatic carbocycles. The Hall–Kier alpha value is -4.10. The summed E-state index contributed by atoms with van der Waals surface area (Å²) in [7, 11) is 6.39. The lowest BCUT2D eigenvalue weighted by Gasteiger charge is -2.50. The number of aromatic hydroxyl groups is 1. The van der Waals surface area contributed by atoms with Crippen LogP contribution in [0.2, 0.25) is 0 Å². The second kappa shape index (κ2) is 8.49. The maximum Gasteiger partial charge on any atom is 0.409 e. The van der Waals surface area contributed by atoms with Crippen molar-refractivity contribution in [2.75, 3.05) is 38.4 Å². The first-order valence-electron chi connectivity index (χ1n) is 11.3. The molecule has 13 nitrogen and oxygen atoms in total. The predicted octanol–water partition coefficient (Wildman–Crippen LogP) is 0.120. The lowest BCUT2D eigenvalue weighted by atomic mass is 9.57. The lowest BCUT2D eigenvalue weighted by Crippen LogP contribution is -2.65. The number of nitrogens with two attached hydrogens (primary N) is 1. The maximum absolute atomic E-state index is 13.8. The number of primary amides is 1. The third kappa shape index (κ3) is 3.53. The molecule has 0 unspecified atom stereocenters. The number of carbonyl (C=O) groups is 4. The zero-order valence-corrected chi connectivity index (χ0v) is 20.6. The number of aliphatic hydroxyl groups excluding tert-OH is 2. The molecule has 0 aliphatic heterocycles. The van der Waals surface area contributed by atoms with Gasteiger partial charge in [-0.15, -0.1) is 0 Å². The van der Waals surface area contributed by atoms with E-state index in [9.17, 15) is 44.7 Å². The summed E-state index contributed by atoms with van der Waals surface area (Å²) >= 11 is 0. The van der Waals surface area contributed by atoms with Crippen molar-refractivity contribution in [2.24, 2.45) is 17.6 Å². The van der Waals surface area contributed by atoms with Crippen molar-refractivity contribution in [1.82, 2.24) is 4.90 Å². The molecule has 13 heteroatoms. The van der Waals surface area contributed by atoms with E-state index < -0.39 is 69.9 Å². The maximum atomic E-state index is 13.8. The molecule has 4 atom stereocenters. The highest BCUT2D eigenvalue weighted by Crippen LogP contribution is 2.54. The summed E-state index contributed by atoms with van der Waals surface area (Å²) in [6.45, 7) is 0. The van der Waals surface area contributed by atoms with E-state index in [2.05, 4.69) is 5.32 Å². The molecule has 0 heterocycles. The van der Waals surface area contributed by atoms with Crippen molar-refractivity contribution >= 4 is 40.7 Å². The van der Waals surface area contributed by atoms with Crippen LogP contribution in [-0.2, 0) is 20.8 Å². The number of benzene rings is 1. The van der Waals surface area contributed by atoms with Crippen molar-refractivity contribution in [3.63, 3.8) is 0 Å². The summed E-state index contributed by atoms with van der Waals surface area (Å²) in [4.78, 5) is 53.3. The Bertz CT molecular complexity index is 1330. The minimum absolute atomic E-state index is 0.0471. The molecule has 0 bridgehead atoms. The largest absolute Gasteiger partial charge is 0.508 e. The Balaban J connectivity index is 2.01. The van der Waals surface area contributed by atoms with Crippen LogP contribution in [0.4, 0.5) is 16.2 Å². The molecule has 0 aromatic heterocycles. The Morgan fingerprint density at radius 2 is 1.76 bits per heavy atom. The van der Waals surface area contributed by atoms with Crippen LogP contribution in [0.3, 0.4) is 0 Å². The van der Waals surface area contributed by atoms with Gasteiger partial charge in [0, 0.05) is 31.3 Å². The highest BCUT2D eigenvalue weighted by molar-refractivity contribution is 6.24. The molecule has 3 aliphatic carbocycles. The van der Waals surface area contributed by atoms with Crippen LogP contribution in [0.1, 0.15) is 17.5 Å². The Kier molecular flexibility index (Phi) is 5.96. The molecule has 198 valence electrons. The van der Waals surface area contributed by atoms with Crippen LogP contribution < -0.4 is 16.0 Å². The molecule has 3 aliphatic rings. The number of ketones is 2. The normalized spacial score (nSPS) is 27.0. The summed E-state index contributed by atoms with van der Waals surface area (Å²) < 4.78 is 0. The smallest absolute Gasteiger partial charge is 0.409 e. The number of hydrogen-bond acceptors (Lipinski definition) is 10. The van der Waals surface area contributed by atoms with E-state index in [4.69, 9.17) is 5.73 Å². The number of phenolic OH excluding ortho intramolecular Hbond substituents is 1. The third-order valence-corrected chi connectivity index (χ3v) is 7.42. The number of carbonyl (C=O) groups excluding carboxylic acids is 3. The molecule has 1 saturated carbocycles. The topological polar surface area (TPSA) is 214 Å². The number of nitrogens with one attached hydrogen (secondary N) is 1. The first-order valence-corrected chi connectivity index (χ1v) is 11.3. The molecule has 1 fully saturated rings. The molecule has 0 spiro atoms. The van der Waals surface area contributed by atoms with Gasteiger partial charge in [-0.3, -0.25) is 24.6 Å². The van der Waals surface area contributed by atoms with E-state index in [-0.39, 0.29) is 29.7 Å². The first kappa shape index (κ1) is 26.0. The molecule has 8 N–H and O–H groups in total. The van der Waals surface area contributed by atoms with E-state index >= 15 is 0 Å². The fourth-order valence-electron chi connectivity index (χ4n) is 5.90. The van der Waals surface area contributed by atoms with Crippen LogP contribution in [0.15, 0.2) is 23.0 Å². The average molecular weight is 517 g/mol. The number of likely N-dealkylation sites (N-methyl/N-ethyl adjacent to an activating group) is 1. The zero-order valence-electron chi connectivity index (χ0n) is 20.6. The third-order valence-electron chi connectivity index (χ3n) is 7.42. The number of aliphatic hydroxyl groups is 3. The fraction of sp³-hybridized carbons (Fsp3) is 0.417. The van der Waals surface area contributed by atoms with Gasteiger partial charge in [-0.25, -0.2) is 4.79 Å². The zero-order chi connectivity index (χ0) is 27.7. The van der Waals surface area contributed by atoms with Gasteiger partial charge >= 0.3 is 6.09 Å². The van der Waals surface area contributed by atoms with E-state index in [1.54, 1.807) is 19.0 Å². The summed E-state index contributed by atoms with van der Waals surface area (Å²) in [5.74, 6) is -7.72. The number of anilines is 2. The Morgan fingerprint density at radius 3 is 2.27 bits per heavy atom. The highest BCUT2D eigenvalue weighted by atomic mass is 16.4. The summed E-state index contributed by atoms with van der Waals surface area (Å²) in [5, 5.41) is 55.9. The molecular weight excluding hydrogens is 488 g/mol. The van der Waals surface area contributed by atoms with Crippen LogP contribution in [0.5, 0.6) is 5.75 Å². The van der Waals surface area contributed by atoms with Crippen LogP contribution in [0, 0.1) is 11.8 Å². The Morgan fingerprint density at radius 1 is 1.14 bits per heavy atom. The highest BCUT2D eigenvalue weighted by Gasteiger charge is 2.64. The second-order valence-corrected chi connectivity index (χ2v) is 9.93. The molecule has 37 heavy (non-hydrogen) atoms. The van der Waals surface area contributed by atoms with Gasteiger partial charge in [-0.1, -0.05) is 0 Å². The monoisotopic (exact) mass is 516 g/mol. The molecule has 2 amide bonds. The number of amides is 2. The minimum atomic E-state index is -2.75. The van der Waals surface area contributed by atoms with Crippen molar-refractivity contribution in [1.29, 1.82) is 0 Å². The van der Waals surface area contributed by atoms with Gasteiger partial charge < -0.3 is 36.2 Å². The number of nitrogens with zero attached hydrogens (tertiary/aromatic N) is 2. The average Bonchev–Trinajstić information content (AvgIpc) is 2.77. The van der Waals surface area contributed by atoms with Gasteiger partial charge in [0.25, 0.3) is 5.91 Å². The van der Waals surface area contributed by atoms with Gasteiger partial charge in [0.05, 0.1) is 17.3 Å². The van der Waals surface area contributed by atoms with Crippen LogP contribution >= 0.6 is 0 Å². The summed E-state index contributed by atoms with van der Waals surface area (Å²) in [5.41, 5.74) is 1.78. The van der Waals surface area contributed by atoms with E-state index in [1.165, 1.54) is 25.1 Å². The van der Waals surface area contributed by atoms with Crippen molar-refractivity contribution in [2.45, 2.75) is 24.5 Å². The van der Waals surface area contributed by atoms with E-state index in [0.717, 1.165) is 0 Å². The summed E-state index contributed by atoms with van der Waals surface area (Å²) in [6, 6.07) is 0.212. The van der Waals surface area contributed by atoms with Gasteiger partial charge in [-0.2, -0.15) is 0 Å². The molecule has 0 saturated heterocycles. The van der Waals surface area contributed by atoms with Crippen LogP contribution in [0.25, 0.3) is 5.76 Å². The standard InChI is InChI=1S/C24H28N4O9/c1-27(2)12-7-11(26-23(35)36)17(29)14-9(12)5-8-6-10-16(28(3)4)19(31)15(22(25)34)21(33)24(10,37)20(32)13(8)18(14)30/h7-8,10,16,26,29-30,33,37H,5-6H2,1-4H3,(H2,25,34)(H,35,36)/t8-,10-,16-,24-/m0/s1. The van der Waals surface area contributed by atoms with Gasteiger partial charge in [0.1, 0.15) is 17.1 Å². The molecule has 1 aromatic rings. The van der Waals surface area contributed by atoms with Crippen molar-refractivity contribution in [3.8, 4) is 5.75 Å². The predicted molar refractivity (Wildman–Crippen MR) is 130 cm³/mol. The number of phenols is 1. The Labute approximate surface area is 211 Å².